The van der Waals surface area contributed by atoms with Gasteiger partial charge in [0.1, 0.15) is 0 Å². The lowest BCUT2D eigenvalue weighted by molar-refractivity contribution is 0.0601. The number of rotatable bonds is 2. The molecule has 1 aromatic rings. The van der Waals surface area contributed by atoms with Crippen LogP contribution in [0.5, 0.6) is 0 Å². The zero-order valence-electron chi connectivity index (χ0n) is 9.81. The number of benzene rings is 1. The van der Waals surface area contributed by atoms with Crippen LogP contribution in [0.25, 0.3) is 0 Å². The number of nitrogens with one attached hydrogen (secondary N) is 1. The molecule has 1 aromatic carbocycles. The van der Waals surface area contributed by atoms with Crippen LogP contribution in [0.3, 0.4) is 0 Å². The molecule has 0 aromatic heterocycles. The molecule has 0 bridgehead atoms. The van der Waals surface area contributed by atoms with E-state index in [0.717, 1.165) is 31.9 Å². The van der Waals surface area contributed by atoms with Crippen LogP contribution in [-0.2, 0) is 4.74 Å². The molecule has 17 heavy (non-hydrogen) atoms. The highest BCUT2D eigenvalue weighted by Gasteiger charge is 2.11. The van der Waals surface area contributed by atoms with E-state index in [2.05, 4.69) is 15.0 Å². The monoisotopic (exact) mass is 256 g/mol. The van der Waals surface area contributed by atoms with Gasteiger partial charge in [-0.25, -0.2) is 4.79 Å². The Balaban J connectivity index is 0.00000144. The second kappa shape index (κ2) is 6.47. The predicted octanol–water partition coefficient (Wildman–Crippen LogP) is 1.30. The average molecular weight is 257 g/mol. The van der Waals surface area contributed by atoms with E-state index in [0.29, 0.717) is 5.56 Å². The summed E-state index contributed by atoms with van der Waals surface area (Å²) in [6, 6.07) is 7.56. The highest BCUT2D eigenvalue weighted by molar-refractivity contribution is 5.89. The molecular weight excluding hydrogens is 240 g/mol. The fraction of sp³-hybridized carbons (Fsp3) is 0.417. The second-order valence-corrected chi connectivity index (χ2v) is 3.78. The SMILES string of the molecule is COC(=O)c1ccc(N2CCNCC2)cc1.Cl. The molecule has 5 heteroatoms. The minimum Gasteiger partial charge on any atom is -0.465 e. The molecule has 1 aliphatic rings. The molecular formula is C12H17ClN2O2. The maximum atomic E-state index is 11.3. The molecule has 1 aliphatic heterocycles. The third kappa shape index (κ3) is 3.35. The van der Waals surface area contributed by atoms with Gasteiger partial charge in [-0.15, -0.1) is 12.4 Å². The summed E-state index contributed by atoms with van der Waals surface area (Å²) in [6.45, 7) is 4.05. The van der Waals surface area contributed by atoms with E-state index in [-0.39, 0.29) is 18.4 Å². The van der Waals surface area contributed by atoms with Crippen LogP contribution >= 0.6 is 12.4 Å². The molecule has 0 radical (unpaired) electrons. The van der Waals surface area contributed by atoms with Crippen molar-refractivity contribution in [1.82, 2.24) is 5.32 Å². The molecule has 0 unspecified atom stereocenters. The first-order valence-corrected chi connectivity index (χ1v) is 5.45. The third-order valence-corrected chi connectivity index (χ3v) is 2.77. The Kier molecular flexibility index (Phi) is 5.25. The van der Waals surface area contributed by atoms with Crippen LogP contribution in [-0.4, -0.2) is 39.3 Å². The number of hydrogen-bond donors (Lipinski definition) is 1. The van der Waals surface area contributed by atoms with Gasteiger partial charge in [0, 0.05) is 31.9 Å². The number of ether oxygens (including phenoxy) is 1. The van der Waals surface area contributed by atoms with Gasteiger partial charge in [-0.2, -0.15) is 0 Å². The number of carbonyl (C=O) groups is 1. The van der Waals surface area contributed by atoms with Gasteiger partial charge in [0.05, 0.1) is 12.7 Å². The van der Waals surface area contributed by atoms with Crippen LogP contribution in [0.4, 0.5) is 5.69 Å². The maximum Gasteiger partial charge on any atom is 0.337 e. The Morgan fingerprint density at radius 1 is 1.24 bits per heavy atom. The van der Waals surface area contributed by atoms with Gasteiger partial charge < -0.3 is 15.0 Å². The molecule has 4 nitrogen and oxygen atoms in total. The van der Waals surface area contributed by atoms with Crippen molar-refractivity contribution < 1.29 is 9.53 Å². The lowest BCUT2D eigenvalue weighted by Crippen LogP contribution is -2.43. The summed E-state index contributed by atoms with van der Waals surface area (Å²) in [6.07, 6.45) is 0. The number of halogens is 1. The van der Waals surface area contributed by atoms with E-state index >= 15 is 0 Å². The Hall–Kier alpha value is -1.26. The molecule has 94 valence electrons. The normalized spacial score (nSPS) is 15.0. The van der Waals surface area contributed by atoms with Crippen LogP contribution in [0.1, 0.15) is 10.4 Å². The molecule has 0 aliphatic carbocycles. The molecule has 1 saturated heterocycles. The number of piperazine rings is 1. The minimum absolute atomic E-state index is 0. The van der Waals surface area contributed by atoms with Crippen molar-refractivity contribution in [3.05, 3.63) is 29.8 Å². The molecule has 0 spiro atoms. The Bertz CT molecular complexity index is 361. The summed E-state index contributed by atoms with van der Waals surface area (Å²) in [7, 11) is 1.40. The summed E-state index contributed by atoms with van der Waals surface area (Å²) in [5.41, 5.74) is 1.76. The van der Waals surface area contributed by atoms with Gasteiger partial charge in [0.2, 0.25) is 0 Å². The summed E-state index contributed by atoms with van der Waals surface area (Å²) >= 11 is 0. The molecule has 1 N–H and O–H groups in total. The predicted molar refractivity (Wildman–Crippen MR) is 70.1 cm³/mol. The largest absolute Gasteiger partial charge is 0.465 e. The van der Waals surface area contributed by atoms with E-state index in [4.69, 9.17) is 0 Å². The number of anilines is 1. The van der Waals surface area contributed by atoms with Gasteiger partial charge in [0.25, 0.3) is 0 Å². The van der Waals surface area contributed by atoms with E-state index < -0.39 is 0 Å². The summed E-state index contributed by atoms with van der Waals surface area (Å²) in [5.74, 6) is -0.285. The molecule has 0 amide bonds. The Morgan fingerprint density at radius 2 is 1.82 bits per heavy atom. The summed E-state index contributed by atoms with van der Waals surface area (Å²) < 4.78 is 4.66. The second-order valence-electron chi connectivity index (χ2n) is 3.78. The van der Waals surface area contributed by atoms with Gasteiger partial charge in [-0.3, -0.25) is 0 Å². The number of esters is 1. The summed E-state index contributed by atoms with van der Waals surface area (Å²) in [5, 5.41) is 3.31. The first kappa shape index (κ1) is 13.8. The molecule has 1 heterocycles. The Labute approximate surface area is 107 Å². The van der Waals surface area contributed by atoms with Crippen molar-refractivity contribution in [2.24, 2.45) is 0 Å². The number of carbonyl (C=O) groups excluding carboxylic acids is 1. The summed E-state index contributed by atoms with van der Waals surface area (Å²) in [4.78, 5) is 13.6. The lowest BCUT2D eigenvalue weighted by atomic mass is 10.2. The lowest BCUT2D eigenvalue weighted by Gasteiger charge is -2.29. The zero-order valence-corrected chi connectivity index (χ0v) is 10.6. The molecule has 1 fully saturated rings. The van der Waals surface area contributed by atoms with Crippen molar-refractivity contribution in [2.75, 3.05) is 38.2 Å². The quantitative estimate of drug-likeness (QED) is 0.810. The highest BCUT2D eigenvalue weighted by atomic mass is 35.5. The van der Waals surface area contributed by atoms with Crippen LogP contribution in [0.15, 0.2) is 24.3 Å². The standard InChI is InChI=1S/C12H16N2O2.ClH/c1-16-12(15)10-2-4-11(5-3-10)14-8-6-13-7-9-14;/h2-5,13H,6-9H2,1H3;1H. The van der Waals surface area contributed by atoms with Gasteiger partial charge >= 0.3 is 5.97 Å². The van der Waals surface area contributed by atoms with Crippen molar-refractivity contribution in [3.63, 3.8) is 0 Å². The topological polar surface area (TPSA) is 41.6 Å². The fourth-order valence-corrected chi connectivity index (χ4v) is 1.85. The number of methoxy groups -OCH3 is 1. The van der Waals surface area contributed by atoms with E-state index in [1.54, 1.807) is 0 Å². The molecule has 0 atom stereocenters. The highest BCUT2D eigenvalue weighted by Crippen LogP contribution is 2.16. The van der Waals surface area contributed by atoms with Crippen LogP contribution < -0.4 is 10.2 Å². The average Bonchev–Trinajstić information content (AvgIpc) is 2.39. The van der Waals surface area contributed by atoms with Crippen molar-refractivity contribution in [2.45, 2.75) is 0 Å². The zero-order chi connectivity index (χ0) is 11.4. The van der Waals surface area contributed by atoms with Crippen molar-refractivity contribution >= 4 is 24.1 Å². The van der Waals surface area contributed by atoms with Crippen molar-refractivity contribution in [3.8, 4) is 0 Å². The maximum absolute atomic E-state index is 11.3. The number of nitrogens with zero attached hydrogens (tertiary/aromatic N) is 1. The van der Waals surface area contributed by atoms with E-state index in [9.17, 15) is 4.79 Å². The van der Waals surface area contributed by atoms with Gasteiger partial charge in [-0.05, 0) is 24.3 Å². The minimum atomic E-state index is -0.285. The van der Waals surface area contributed by atoms with E-state index in [1.807, 2.05) is 24.3 Å². The van der Waals surface area contributed by atoms with Crippen LogP contribution in [0, 0.1) is 0 Å². The molecule has 2 rings (SSSR count). The number of hydrogen-bond acceptors (Lipinski definition) is 4. The molecule has 0 saturated carbocycles. The third-order valence-electron chi connectivity index (χ3n) is 2.77. The van der Waals surface area contributed by atoms with Crippen LogP contribution in [0.2, 0.25) is 0 Å². The van der Waals surface area contributed by atoms with Gasteiger partial charge in [0.15, 0.2) is 0 Å². The smallest absolute Gasteiger partial charge is 0.337 e. The Morgan fingerprint density at radius 3 is 2.35 bits per heavy atom. The first-order chi connectivity index (χ1) is 7.81. The van der Waals surface area contributed by atoms with Crippen molar-refractivity contribution in [1.29, 1.82) is 0 Å². The van der Waals surface area contributed by atoms with E-state index in [1.165, 1.54) is 7.11 Å². The first-order valence-electron chi connectivity index (χ1n) is 5.45. The van der Waals surface area contributed by atoms with Gasteiger partial charge in [-0.1, -0.05) is 0 Å². The fourth-order valence-electron chi connectivity index (χ4n) is 1.85.